The molecule has 0 aliphatic heterocycles. The fourth-order valence-corrected chi connectivity index (χ4v) is 2.30. The summed E-state index contributed by atoms with van der Waals surface area (Å²) < 4.78 is 1.53. The van der Waals surface area contributed by atoms with Gasteiger partial charge in [-0.2, -0.15) is 42.3 Å². The Morgan fingerprint density at radius 2 is 1.19 bits per heavy atom. The van der Waals surface area contributed by atoms with Crippen molar-refractivity contribution in [1.29, 1.82) is 0 Å². The van der Waals surface area contributed by atoms with Crippen molar-refractivity contribution in [3.8, 4) is 0 Å². The molecule has 0 bridgehead atoms. The minimum atomic E-state index is 0.314. The van der Waals surface area contributed by atoms with Crippen LogP contribution in [-0.2, 0) is 20.4 Å². The second kappa shape index (κ2) is 20.9. The van der Waals surface area contributed by atoms with E-state index in [1.807, 2.05) is 26.0 Å². The fourth-order valence-electron chi connectivity index (χ4n) is 1.71. The molecule has 0 saturated heterocycles. The summed E-state index contributed by atoms with van der Waals surface area (Å²) in [6.45, 7) is 18.9. The van der Waals surface area contributed by atoms with Crippen LogP contribution in [0.15, 0.2) is 44.9 Å². The monoisotopic (exact) mass is 397 g/mol. The van der Waals surface area contributed by atoms with Gasteiger partial charge in [-0.25, -0.2) is 0 Å². The molecule has 0 aromatic heterocycles. The van der Waals surface area contributed by atoms with Gasteiger partial charge < -0.3 is 16.0 Å². The van der Waals surface area contributed by atoms with E-state index in [-0.39, 0.29) is 0 Å². The summed E-state index contributed by atoms with van der Waals surface area (Å²) in [4.78, 5) is 0. The quantitative estimate of drug-likeness (QED) is 0.332. The van der Waals surface area contributed by atoms with Crippen molar-refractivity contribution in [3.63, 3.8) is 0 Å². The molecule has 0 spiro atoms. The van der Waals surface area contributed by atoms with Crippen molar-refractivity contribution >= 4 is 0 Å². The summed E-state index contributed by atoms with van der Waals surface area (Å²) in [6, 6.07) is 0. The average Bonchev–Trinajstić information content (AvgIpc) is 2.72. The topological polar surface area (TPSA) is 42.3 Å². The number of allylic oxidation sites excluding steroid dienone is 7. The molecule has 0 aromatic rings. The summed E-state index contributed by atoms with van der Waals surface area (Å²) in [6.07, 6.45) is 3.85. The Kier molecular flexibility index (Phi) is 26.6. The first kappa shape index (κ1) is 33.2. The van der Waals surface area contributed by atoms with Crippen LogP contribution in [0.25, 0.3) is 16.0 Å². The van der Waals surface area contributed by atoms with Crippen molar-refractivity contribution in [2.45, 2.75) is 48.5 Å². The SMILES string of the molecule is C=CC(C)=CC.CC1=C(C)C(C)(C)[C]([Ti+3])=C1C.C[N-]C.C[N-]C.C[N-]C. The van der Waals surface area contributed by atoms with Gasteiger partial charge in [0.1, 0.15) is 0 Å². The smallest absolute Gasteiger partial charge is 0.162 e. The van der Waals surface area contributed by atoms with E-state index in [0.29, 0.717) is 5.41 Å². The van der Waals surface area contributed by atoms with E-state index in [1.165, 1.54) is 26.2 Å². The Labute approximate surface area is 177 Å². The van der Waals surface area contributed by atoms with E-state index in [2.05, 4.69) is 77.6 Å². The molecule has 1 rings (SSSR count). The van der Waals surface area contributed by atoms with Crippen LogP contribution in [-0.4, -0.2) is 42.3 Å². The molecule has 0 fully saturated rings. The molecule has 3 nitrogen and oxygen atoms in total. The molecule has 0 aromatic carbocycles. The molecule has 1 aliphatic rings. The third-order valence-corrected chi connectivity index (χ3v) is 5.40. The number of nitrogens with zero attached hydrogens (tertiary/aromatic N) is 3. The Morgan fingerprint density at radius 1 is 0.885 bits per heavy atom. The molecule has 0 saturated carbocycles. The van der Waals surface area contributed by atoms with E-state index in [9.17, 15) is 0 Å². The van der Waals surface area contributed by atoms with Crippen LogP contribution >= 0.6 is 0 Å². The summed E-state index contributed by atoms with van der Waals surface area (Å²) in [5.74, 6) is 0. The first-order valence-corrected chi connectivity index (χ1v) is 9.53. The van der Waals surface area contributed by atoms with Gasteiger partial charge >= 0.3 is 81.1 Å². The molecule has 0 radical (unpaired) electrons. The predicted molar refractivity (Wildman–Crippen MR) is 120 cm³/mol. The largest absolute Gasteiger partial charge is 0.668 e. The van der Waals surface area contributed by atoms with Crippen LogP contribution in [0.4, 0.5) is 0 Å². The average molecular weight is 397 g/mol. The molecule has 0 heterocycles. The summed E-state index contributed by atoms with van der Waals surface area (Å²) in [5, 5.41) is 10.5. The standard InChI is InChI=1S/C10H15.C6H10.3C2H6N.Ti/c1-7-6-10(4,5)9(3)8(7)2;1-4-6(3)5-2;3*1-3-2;/h1-5H3;4-5H,1H2,2-3H3;3*1-2H3;/q;;3*-1;+3. The molecule has 150 valence electrons. The van der Waals surface area contributed by atoms with Crippen molar-refractivity contribution in [2.24, 2.45) is 5.41 Å². The molecular weight excluding hydrogens is 354 g/mol. The van der Waals surface area contributed by atoms with Crippen molar-refractivity contribution in [1.82, 2.24) is 0 Å². The van der Waals surface area contributed by atoms with Crippen LogP contribution in [0, 0.1) is 5.41 Å². The second-order valence-corrected chi connectivity index (χ2v) is 7.23. The zero-order valence-corrected chi connectivity index (χ0v) is 21.3. The van der Waals surface area contributed by atoms with Crippen LogP contribution in [0.1, 0.15) is 48.5 Å². The maximum absolute atomic E-state index is 3.56. The van der Waals surface area contributed by atoms with E-state index in [0.717, 1.165) is 0 Å². The van der Waals surface area contributed by atoms with Crippen LogP contribution in [0.5, 0.6) is 0 Å². The van der Waals surface area contributed by atoms with E-state index in [4.69, 9.17) is 0 Å². The minimum absolute atomic E-state index is 0.314. The van der Waals surface area contributed by atoms with Gasteiger partial charge in [0.25, 0.3) is 0 Å². The Hall–Kier alpha value is -0.446. The molecule has 1 aliphatic carbocycles. The summed E-state index contributed by atoms with van der Waals surface area (Å²) >= 11 is 2.25. The van der Waals surface area contributed by atoms with Gasteiger partial charge in [0.15, 0.2) is 0 Å². The first-order chi connectivity index (χ1) is 11.9. The predicted octanol–water partition coefficient (Wildman–Crippen LogP) is 7.18. The number of rotatable bonds is 1. The van der Waals surface area contributed by atoms with Gasteiger partial charge in [0.2, 0.25) is 0 Å². The molecule has 0 atom stereocenters. The Balaban J connectivity index is -0.000000137. The van der Waals surface area contributed by atoms with Gasteiger partial charge in [0, 0.05) is 0 Å². The summed E-state index contributed by atoms with van der Waals surface area (Å²) in [5.41, 5.74) is 6.07. The van der Waals surface area contributed by atoms with Gasteiger partial charge in [-0.15, -0.1) is 0 Å². The molecule has 26 heavy (non-hydrogen) atoms. The first-order valence-electron chi connectivity index (χ1n) is 8.75. The van der Waals surface area contributed by atoms with Gasteiger partial charge in [-0.1, -0.05) is 24.3 Å². The van der Waals surface area contributed by atoms with E-state index < -0.39 is 0 Å². The molecular formula is C22H43N3Ti. The van der Waals surface area contributed by atoms with E-state index >= 15 is 0 Å². The minimum Gasteiger partial charge on any atom is -0.668 e. The van der Waals surface area contributed by atoms with Crippen molar-refractivity contribution in [3.05, 3.63) is 60.9 Å². The van der Waals surface area contributed by atoms with Gasteiger partial charge in [-0.3, -0.25) is 0 Å². The number of hydrogen-bond donors (Lipinski definition) is 0. The Morgan fingerprint density at radius 3 is 1.23 bits per heavy atom. The van der Waals surface area contributed by atoms with Crippen LogP contribution < -0.4 is 0 Å². The van der Waals surface area contributed by atoms with Gasteiger partial charge in [0.05, 0.1) is 0 Å². The molecule has 0 amide bonds. The third kappa shape index (κ3) is 15.8. The maximum Gasteiger partial charge on any atom is -0.162 e. The Bertz CT molecular complexity index is 414. The fraction of sp³-hybridized carbons (Fsp3) is 0.636. The van der Waals surface area contributed by atoms with Gasteiger partial charge in [-0.05, 0) is 13.8 Å². The molecule has 4 heteroatoms. The van der Waals surface area contributed by atoms with Crippen LogP contribution in [0.3, 0.4) is 0 Å². The molecule has 0 unspecified atom stereocenters. The number of hydrogen-bond acceptors (Lipinski definition) is 0. The molecule has 0 N–H and O–H groups in total. The normalized spacial score (nSPS) is 14.7. The zero-order chi connectivity index (χ0) is 21.9. The maximum atomic E-state index is 3.56. The van der Waals surface area contributed by atoms with Crippen molar-refractivity contribution in [2.75, 3.05) is 42.3 Å². The summed E-state index contributed by atoms with van der Waals surface area (Å²) in [7, 11) is 10.5. The van der Waals surface area contributed by atoms with Crippen LogP contribution in [0.2, 0.25) is 0 Å². The zero-order valence-electron chi connectivity index (χ0n) is 19.7. The third-order valence-electron chi connectivity index (χ3n) is 3.84. The second-order valence-electron chi connectivity index (χ2n) is 6.45. The van der Waals surface area contributed by atoms with Crippen molar-refractivity contribution < 1.29 is 20.4 Å². The van der Waals surface area contributed by atoms with E-state index in [1.54, 1.807) is 42.3 Å².